The number of hydrogen-bond donors (Lipinski definition) is 1. The van der Waals surface area contributed by atoms with Crippen molar-refractivity contribution in [3.63, 3.8) is 0 Å². The van der Waals surface area contributed by atoms with Crippen LogP contribution in [0.25, 0.3) is 0 Å². The van der Waals surface area contributed by atoms with Gasteiger partial charge in [-0.3, -0.25) is 9.59 Å². The highest BCUT2D eigenvalue weighted by atomic mass is 16.3. The van der Waals surface area contributed by atoms with Crippen molar-refractivity contribution in [2.24, 2.45) is 16.7 Å². The van der Waals surface area contributed by atoms with Gasteiger partial charge in [0.2, 0.25) is 0 Å². The average Bonchev–Trinajstić information content (AvgIpc) is 2.56. The van der Waals surface area contributed by atoms with E-state index in [-0.39, 0.29) is 28.8 Å². The highest BCUT2D eigenvalue weighted by Crippen LogP contribution is 2.62. The van der Waals surface area contributed by atoms with Crippen LogP contribution in [0.4, 0.5) is 0 Å². The van der Waals surface area contributed by atoms with Crippen LogP contribution in [0.3, 0.4) is 0 Å². The molecule has 112 valence electrons. The van der Waals surface area contributed by atoms with Gasteiger partial charge in [0.1, 0.15) is 11.9 Å². The van der Waals surface area contributed by atoms with Gasteiger partial charge in [0.05, 0.1) is 5.92 Å². The third kappa shape index (κ3) is 1.98. The first-order valence-electron chi connectivity index (χ1n) is 7.56. The lowest BCUT2D eigenvalue weighted by Gasteiger charge is -2.48. The van der Waals surface area contributed by atoms with E-state index in [1.54, 1.807) is 0 Å². The summed E-state index contributed by atoms with van der Waals surface area (Å²) in [4.78, 5) is 24.9. The summed E-state index contributed by atoms with van der Waals surface area (Å²) in [6, 6.07) is 9.57. The Kier molecular flexibility index (Phi) is 3.10. The molecule has 0 aromatic heterocycles. The minimum absolute atomic E-state index is 0.128. The molecule has 0 radical (unpaired) electrons. The number of benzene rings is 1. The molecule has 1 aromatic carbocycles. The molecule has 3 heteroatoms. The van der Waals surface area contributed by atoms with Crippen LogP contribution in [0.5, 0.6) is 0 Å². The van der Waals surface area contributed by atoms with E-state index in [9.17, 15) is 14.7 Å². The van der Waals surface area contributed by atoms with Gasteiger partial charge in [-0.1, -0.05) is 51.1 Å². The van der Waals surface area contributed by atoms with Crippen molar-refractivity contribution in [2.75, 3.05) is 0 Å². The Balaban J connectivity index is 2.14. The van der Waals surface area contributed by atoms with Crippen molar-refractivity contribution in [2.45, 2.75) is 45.6 Å². The summed E-state index contributed by atoms with van der Waals surface area (Å²) in [6.45, 7) is 6.00. The van der Waals surface area contributed by atoms with E-state index in [0.29, 0.717) is 12.8 Å². The molecule has 2 aliphatic carbocycles. The van der Waals surface area contributed by atoms with Gasteiger partial charge in [0, 0.05) is 18.8 Å². The van der Waals surface area contributed by atoms with E-state index >= 15 is 0 Å². The van der Waals surface area contributed by atoms with Gasteiger partial charge >= 0.3 is 0 Å². The van der Waals surface area contributed by atoms with E-state index < -0.39 is 11.5 Å². The number of rotatable bonds is 1. The Morgan fingerprint density at radius 1 is 1.05 bits per heavy atom. The largest absolute Gasteiger partial charge is 0.385 e. The number of aliphatic hydroxyl groups excluding tert-OH is 1. The molecule has 2 saturated carbocycles. The summed E-state index contributed by atoms with van der Waals surface area (Å²) in [5, 5.41) is 10.6. The van der Waals surface area contributed by atoms with Gasteiger partial charge in [0.15, 0.2) is 5.78 Å². The van der Waals surface area contributed by atoms with Crippen LogP contribution in [0.15, 0.2) is 30.3 Å². The predicted molar refractivity (Wildman–Crippen MR) is 79.8 cm³/mol. The molecule has 2 fully saturated rings. The normalized spacial score (nSPS) is 38.4. The first-order chi connectivity index (χ1) is 9.77. The van der Waals surface area contributed by atoms with Crippen molar-refractivity contribution in [1.29, 1.82) is 0 Å². The molecular formula is C18H22O3. The number of hydrogen-bond acceptors (Lipinski definition) is 3. The van der Waals surface area contributed by atoms with Crippen LogP contribution in [0, 0.1) is 16.7 Å². The Hall–Kier alpha value is -1.48. The monoisotopic (exact) mass is 286 g/mol. The zero-order chi connectivity index (χ0) is 15.4. The molecule has 0 saturated heterocycles. The number of carbonyl (C=O) groups excluding carboxylic acids is 2. The first kappa shape index (κ1) is 14.5. The van der Waals surface area contributed by atoms with Gasteiger partial charge in [-0.05, 0) is 16.4 Å². The molecule has 0 bridgehead atoms. The fourth-order valence-electron chi connectivity index (χ4n) is 5.03. The van der Waals surface area contributed by atoms with Crippen molar-refractivity contribution in [3.8, 4) is 0 Å². The summed E-state index contributed by atoms with van der Waals surface area (Å²) in [5.41, 5.74) is 0.0800. The molecule has 0 aliphatic heterocycles. The SMILES string of the molecule is CC1(C)CC(=O)C[C@@]2(C)[C@H](c3ccccc3)C(=O)[C@H](O)[C@@H]12. The molecule has 3 nitrogen and oxygen atoms in total. The summed E-state index contributed by atoms with van der Waals surface area (Å²) in [5.74, 6) is -0.485. The molecule has 1 N–H and O–H groups in total. The number of carbonyl (C=O) groups is 2. The maximum Gasteiger partial charge on any atom is 0.169 e. The van der Waals surface area contributed by atoms with E-state index in [2.05, 4.69) is 0 Å². The maximum atomic E-state index is 12.7. The quantitative estimate of drug-likeness (QED) is 0.863. The Bertz CT molecular complexity index is 590. The smallest absolute Gasteiger partial charge is 0.169 e. The van der Waals surface area contributed by atoms with E-state index in [1.165, 1.54) is 0 Å². The lowest BCUT2D eigenvalue weighted by atomic mass is 9.54. The highest BCUT2D eigenvalue weighted by molar-refractivity contribution is 5.96. The van der Waals surface area contributed by atoms with E-state index in [0.717, 1.165) is 5.56 Å². The van der Waals surface area contributed by atoms with Crippen molar-refractivity contribution >= 4 is 11.6 Å². The van der Waals surface area contributed by atoms with Gasteiger partial charge < -0.3 is 5.11 Å². The molecule has 1 aromatic rings. The van der Waals surface area contributed by atoms with Gasteiger partial charge in [-0.25, -0.2) is 0 Å². The summed E-state index contributed by atoms with van der Waals surface area (Å²) in [6.07, 6.45) is -0.147. The summed E-state index contributed by atoms with van der Waals surface area (Å²) in [7, 11) is 0. The van der Waals surface area contributed by atoms with Crippen LogP contribution in [0.1, 0.15) is 45.1 Å². The number of fused-ring (bicyclic) bond motifs is 1. The molecule has 0 spiro atoms. The van der Waals surface area contributed by atoms with Crippen molar-refractivity contribution < 1.29 is 14.7 Å². The van der Waals surface area contributed by atoms with Crippen molar-refractivity contribution in [3.05, 3.63) is 35.9 Å². The Labute approximate surface area is 125 Å². The molecule has 21 heavy (non-hydrogen) atoms. The molecule has 4 atom stereocenters. The number of aliphatic hydroxyl groups is 1. The van der Waals surface area contributed by atoms with Gasteiger partial charge in [0.25, 0.3) is 0 Å². The second kappa shape index (κ2) is 4.51. The van der Waals surface area contributed by atoms with E-state index in [1.807, 2.05) is 51.1 Å². The van der Waals surface area contributed by atoms with Crippen LogP contribution < -0.4 is 0 Å². The maximum absolute atomic E-state index is 12.7. The van der Waals surface area contributed by atoms with E-state index in [4.69, 9.17) is 0 Å². The van der Waals surface area contributed by atoms with Gasteiger partial charge in [-0.15, -0.1) is 0 Å². The van der Waals surface area contributed by atoms with Crippen LogP contribution in [0.2, 0.25) is 0 Å². The fourth-order valence-corrected chi connectivity index (χ4v) is 5.03. The zero-order valence-corrected chi connectivity index (χ0v) is 12.8. The molecular weight excluding hydrogens is 264 g/mol. The second-order valence-electron chi connectivity index (χ2n) is 7.56. The molecule has 0 heterocycles. The average molecular weight is 286 g/mol. The molecule has 0 unspecified atom stereocenters. The van der Waals surface area contributed by atoms with Crippen LogP contribution in [-0.4, -0.2) is 22.8 Å². The molecule has 0 amide bonds. The van der Waals surface area contributed by atoms with Crippen LogP contribution >= 0.6 is 0 Å². The molecule has 3 rings (SSSR count). The number of ketones is 2. The number of Topliss-reactive ketones (excluding diaryl/α,β-unsaturated/α-hetero) is 2. The highest BCUT2D eigenvalue weighted by Gasteiger charge is 2.64. The summed E-state index contributed by atoms with van der Waals surface area (Å²) >= 11 is 0. The predicted octanol–water partition coefficient (Wildman–Crippen LogP) is 2.73. The lowest BCUT2D eigenvalue weighted by Crippen LogP contribution is -2.47. The van der Waals surface area contributed by atoms with Crippen LogP contribution in [-0.2, 0) is 9.59 Å². The minimum Gasteiger partial charge on any atom is -0.385 e. The third-order valence-electron chi connectivity index (χ3n) is 5.47. The lowest BCUT2D eigenvalue weighted by molar-refractivity contribution is -0.136. The van der Waals surface area contributed by atoms with Crippen molar-refractivity contribution in [1.82, 2.24) is 0 Å². The Morgan fingerprint density at radius 3 is 2.29 bits per heavy atom. The summed E-state index contributed by atoms with van der Waals surface area (Å²) < 4.78 is 0. The fraction of sp³-hybridized carbons (Fsp3) is 0.556. The molecule has 2 aliphatic rings. The standard InChI is InChI=1S/C18H22O3/c1-17(2)9-12(19)10-18(3)13(11-7-5-4-6-8-11)14(20)15(21)16(17)18/h4-8,13,15-16,21H,9-10H2,1-3H3/t13-,15+,16+,18+/m1/s1. The first-order valence-corrected chi connectivity index (χ1v) is 7.56. The topological polar surface area (TPSA) is 54.4 Å². The Morgan fingerprint density at radius 2 is 1.67 bits per heavy atom. The second-order valence-corrected chi connectivity index (χ2v) is 7.56. The minimum atomic E-state index is -0.969. The zero-order valence-electron chi connectivity index (χ0n) is 12.8. The van der Waals surface area contributed by atoms with Gasteiger partial charge in [-0.2, -0.15) is 0 Å². The third-order valence-corrected chi connectivity index (χ3v) is 5.47.